The molecule has 1 aliphatic rings. The number of hydrogen-bond donors (Lipinski definition) is 2. The molecule has 0 heterocycles. The number of benzene rings is 1. The van der Waals surface area contributed by atoms with Crippen LogP contribution in [-0.4, -0.2) is 17.8 Å². The van der Waals surface area contributed by atoms with Gasteiger partial charge in [0.05, 0.1) is 11.7 Å². The Morgan fingerprint density at radius 1 is 1.15 bits per heavy atom. The van der Waals surface area contributed by atoms with Crippen molar-refractivity contribution in [3.63, 3.8) is 0 Å². The number of alkyl halides is 3. The minimum Gasteiger partial charge on any atom is -0.391 e. The fraction of sp³-hybridized carbons (Fsp3) is 0.600. The summed E-state index contributed by atoms with van der Waals surface area (Å²) in [5, 5.41) is 12.9. The summed E-state index contributed by atoms with van der Waals surface area (Å²) in [6, 6.07) is 4.88. The first-order chi connectivity index (χ1) is 9.45. The lowest BCUT2D eigenvalue weighted by Gasteiger charge is -2.17. The molecular weight excluding hydrogens is 267 g/mol. The van der Waals surface area contributed by atoms with E-state index in [9.17, 15) is 18.3 Å². The highest BCUT2D eigenvalue weighted by molar-refractivity contribution is 5.45. The zero-order valence-corrected chi connectivity index (χ0v) is 11.3. The fourth-order valence-corrected chi connectivity index (χ4v) is 2.73. The second-order valence-corrected chi connectivity index (χ2v) is 5.50. The van der Waals surface area contributed by atoms with Gasteiger partial charge < -0.3 is 10.4 Å². The Morgan fingerprint density at radius 2 is 1.75 bits per heavy atom. The van der Waals surface area contributed by atoms with Crippen LogP contribution in [0.1, 0.15) is 37.7 Å². The van der Waals surface area contributed by atoms with Crippen molar-refractivity contribution in [3.05, 3.63) is 29.8 Å². The van der Waals surface area contributed by atoms with Crippen molar-refractivity contribution in [2.45, 2.75) is 44.4 Å². The van der Waals surface area contributed by atoms with Gasteiger partial charge in [0.1, 0.15) is 0 Å². The van der Waals surface area contributed by atoms with E-state index in [0.717, 1.165) is 18.6 Å². The van der Waals surface area contributed by atoms with Gasteiger partial charge >= 0.3 is 6.18 Å². The molecule has 0 saturated heterocycles. The molecule has 20 heavy (non-hydrogen) atoms. The number of aliphatic hydroxyl groups excluding tert-OH is 1. The van der Waals surface area contributed by atoms with Crippen LogP contribution < -0.4 is 5.32 Å². The van der Waals surface area contributed by atoms with Gasteiger partial charge in [0.15, 0.2) is 0 Å². The second kappa shape index (κ2) is 6.48. The summed E-state index contributed by atoms with van der Waals surface area (Å²) in [5.74, 6) is 0.597. The van der Waals surface area contributed by atoms with Gasteiger partial charge in [0, 0.05) is 12.2 Å². The van der Waals surface area contributed by atoms with Crippen LogP contribution in [0.4, 0.5) is 18.9 Å². The second-order valence-electron chi connectivity index (χ2n) is 5.50. The first-order valence-electron chi connectivity index (χ1n) is 7.04. The average Bonchev–Trinajstić information content (AvgIpc) is 2.88. The summed E-state index contributed by atoms with van der Waals surface area (Å²) in [7, 11) is 0. The molecule has 2 nitrogen and oxygen atoms in total. The smallest absolute Gasteiger partial charge is 0.391 e. The summed E-state index contributed by atoms with van der Waals surface area (Å²) < 4.78 is 37.2. The Balaban J connectivity index is 1.78. The van der Waals surface area contributed by atoms with Gasteiger partial charge in [-0.2, -0.15) is 13.2 Å². The summed E-state index contributed by atoms with van der Waals surface area (Å²) in [6.07, 6.45) is 0.858. The molecule has 1 aromatic rings. The molecular formula is C15H20F3NO. The predicted octanol–water partition coefficient (Wildman–Crippen LogP) is 4.06. The Kier molecular flexibility index (Phi) is 4.91. The van der Waals surface area contributed by atoms with Gasteiger partial charge in [-0.25, -0.2) is 0 Å². The Bertz CT molecular complexity index is 410. The van der Waals surface area contributed by atoms with Gasteiger partial charge in [0.25, 0.3) is 0 Å². The maximum absolute atomic E-state index is 12.4. The molecule has 1 saturated carbocycles. The van der Waals surface area contributed by atoms with E-state index in [4.69, 9.17) is 0 Å². The predicted molar refractivity (Wildman–Crippen MR) is 72.5 cm³/mol. The first-order valence-corrected chi connectivity index (χ1v) is 7.04. The molecule has 5 heteroatoms. The molecule has 0 spiro atoms. The van der Waals surface area contributed by atoms with Gasteiger partial charge in [-0.15, -0.1) is 0 Å². The highest BCUT2D eigenvalue weighted by Crippen LogP contribution is 2.30. The maximum Gasteiger partial charge on any atom is 0.416 e. The third kappa shape index (κ3) is 4.40. The lowest BCUT2D eigenvalue weighted by molar-refractivity contribution is -0.137. The number of hydrogen-bond acceptors (Lipinski definition) is 2. The molecule has 1 unspecified atom stereocenters. The highest BCUT2D eigenvalue weighted by atomic mass is 19.4. The van der Waals surface area contributed by atoms with E-state index in [1.54, 1.807) is 0 Å². The standard InChI is InChI=1S/C15H20F3NO/c16-15(17,18)12-5-7-13(8-6-12)19-10-14(20)9-11-3-1-2-4-11/h5-8,11,14,19-20H,1-4,9-10H2. The molecule has 2 N–H and O–H groups in total. The average molecular weight is 287 g/mol. The van der Waals surface area contributed by atoms with E-state index >= 15 is 0 Å². The molecule has 0 amide bonds. The molecule has 112 valence electrons. The van der Waals surface area contributed by atoms with Gasteiger partial charge in [-0.1, -0.05) is 25.7 Å². The number of halogens is 3. The van der Waals surface area contributed by atoms with Crippen molar-refractivity contribution in [1.29, 1.82) is 0 Å². The zero-order valence-electron chi connectivity index (χ0n) is 11.3. The van der Waals surface area contributed by atoms with Gasteiger partial charge in [0.2, 0.25) is 0 Å². The third-order valence-electron chi connectivity index (χ3n) is 3.83. The summed E-state index contributed by atoms with van der Waals surface area (Å²) in [4.78, 5) is 0. The Labute approximate surface area is 117 Å². The lowest BCUT2D eigenvalue weighted by atomic mass is 10.00. The fourth-order valence-electron chi connectivity index (χ4n) is 2.73. The van der Waals surface area contributed by atoms with E-state index in [1.807, 2.05) is 0 Å². The topological polar surface area (TPSA) is 32.3 Å². The van der Waals surface area contributed by atoms with Crippen LogP contribution in [0.3, 0.4) is 0 Å². The number of nitrogens with one attached hydrogen (secondary N) is 1. The minimum atomic E-state index is -4.31. The lowest BCUT2D eigenvalue weighted by Crippen LogP contribution is -2.22. The van der Waals surface area contributed by atoms with Gasteiger partial charge in [-0.3, -0.25) is 0 Å². The highest BCUT2D eigenvalue weighted by Gasteiger charge is 2.29. The van der Waals surface area contributed by atoms with E-state index in [0.29, 0.717) is 18.2 Å². The van der Waals surface area contributed by atoms with E-state index in [2.05, 4.69) is 5.32 Å². The molecule has 0 radical (unpaired) electrons. The third-order valence-corrected chi connectivity index (χ3v) is 3.83. The van der Waals surface area contributed by atoms with Crippen molar-refractivity contribution in [2.24, 2.45) is 5.92 Å². The Hall–Kier alpha value is -1.23. The van der Waals surface area contributed by atoms with Crippen molar-refractivity contribution < 1.29 is 18.3 Å². The molecule has 0 aliphatic heterocycles. The van der Waals surface area contributed by atoms with Crippen LogP contribution in [0.2, 0.25) is 0 Å². The number of aliphatic hydroxyl groups is 1. The monoisotopic (exact) mass is 287 g/mol. The van der Waals surface area contributed by atoms with Crippen molar-refractivity contribution in [1.82, 2.24) is 0 Å². The molecule has 2 rings (SSSR count). The first kappa shape index (κ1) is 15.2. The van der Waals surface area contributed by atoms with Crippen LogP contribution in [-0.2, 0) is 6.18 Å². The zero-order chi connectivity index (χ0) is 14.6. The van der Waals surface area contributed by atoms with Crippen LogP contribution in [0, 0.1) is 5.92 Å². The quantitative estimate of drug-likeness (QED) is 0.856. The Morgan fingerprint density at radius 3 is 2.30 bits per heavy atom. The molecule has 1 aromatic carbocycles. The largest absolute Gasteiger partial charge is 0.416 e. The van der Waals surface area contributed by atoms with Crippen LogP contribution in [0.25, 0.3) is 0 Å². The van der Waals surface area contributed by atoms with Crippen molar-refractivity contribution in [3.8, 4) is 0 Å². The summed E-state index contributed by atoms with van der Waals surface area (Å²) in [6.45, 7) is 0.377. The summed E-state index contributed by atoms with van der Waals surface area (Å²) >= 11 is 0. The van der Waals surface area contributed by atoms with E-state index in [1.165, 1.54) is 37.8 Å². The van der Waals surface area contributed by atoms with E-state index in [-0.39, 0.29) is 0 Å². The molecule has 1 fully saturated rings. The summed E-state index contributed by atoms with van der Waals surface area (Å²) in [5.41, 5.74) is -0.0574. The number of rotatable bonds is 5. The number of anilines is 1. The van der Waals surface area contributed by atoms with Crippen LogP contribution in [0.15, 0.2) is 24.3 Å². The molecule has 1 aliphatic carbocycles. The van der Waals surface area contributed by atoms with Crippen molar-refractivity contribution >= 4 is 5.69 Å². The van der Waals surface area contributed by atoms with E-state index < -0.39 is 17.8 Å². The van der Waals surface area contributed by atoms with Gasteiger partial charge in [-0.05, 0) is 36.6 Å². The van der Waals surface area contributed by atoms with Crippen molar-refractivity contribution in [2.75, 3.05) is 11.9 Å². The molecule has 0 aromatic heterocycles. The minimum absolute atomic E-state index is 0.377. The van der Waals surface area contributed by atoms with Crippen LogP contribution in [0.5, 0.6) is 0 Å². The normalized spacial score (nSPS) is 18.2. The van der Waals surface area contributed by atoms with Crippen LogP contribution >= 0.6 is 0 Å². The molecule has 0 bridgehead atoms. The maximum atomic E-state index is 12.4. The SMILES string of the molecule is OC(CNc1ccc(C(F)(F)F)cc1)CC1CCCC1. The molecule has 1 atom stereocenters.